The Morgan fingerprint density at radius 3 is 2.68 bits per heavy atom. The highest BCUT2D eigenvalue weighted by Gasteiger charge is 2.27. The standard InChI is InChI=1S/C18H28N2O2/c1-12-5-6-14(16(9-12)22-18(2,3)4)11-20-17(21)13-7-8-15(19)10-13/h5-6,9,13,15H,7-8,10-11,19H2,1-4H3,(H,20,21). The van der Waals surface area contributed by atoms with Crippen LogP contribution in [-0.2, 0) is 11.3 Å². The highest BCUT2D eigenvalue weighted by Crippen LogP contribution is 2.26. The van der Waals surface area contributed by atoms with Crippen LogP contribution >= 0.6 is 0 Å². The van der Waals surface area contributed by atoms with E-state index in [2.05, 4.69) is 5.32 Å². The van der Waals surface area contributed by atoms with Gasteiger partial charge in [0.2, 0.25) is 5.91 Å². The predicted octanol–water partition coefficient (Wildman–Crippen LogP) is 2.92. The number of carbonyl (C=O) groups is 1. The summed E-state index contributed by atoms with van der Waals surface area (Å²) in [6.45, 7) is 8.61. The maximum Gasteiger partial charge on any atom is 0.223 e. The number of carbonyl (C=O) groups excluding carboxylic acids is 1. The molecule has 0 aromatic heterocycles. The lowest BCUT2D eigenvalue weighted by molar-refractivity contribution is -0.125. The monoisotopic (exact) mass is 304 g/mol. The van der Waals surface area contributed by atoms with E-state index in [1.807, 2.05) is 45.9 Å². The van der Waals surface area contributed by atoms with Gasteiger partial charge in [0.05, 0.1) is 0 Å². The SMILES string of the molecule is Cc1ccc(CNC(=O)C2CCC(N)C2)c(OC(C)(C)C)c1. The lowest BCUT2D eigenvalue weighted by Gasteiger charge is -2.24. The fourth-order valence-corrected chi connectivity index (χ4v) is 2.81. The van der Waals surface area contributed by atoms with Gasteiger partial charge in [-0.25, -0.2) is 0 Å². The third-order valence-corrected chi connectivity index (χ3v) is 3.94. The molecule has 0 aliphatic heterocycles. The number of nitrogens with two attached hydrogens (primary N) is 1. The number of nitrogens with one attached hydrogen (secondary N) is 1. The second kappa shape index (κ2) is 6.69. The molecule has 0 bridgehead atoms. The van der Waals surface area contributed by atoms with Crippen molar-refractivity contribution in [3.8, 4) is 5.75 Å². The van der Waals surface area contributed by atoms with Crippen LogP contribution in [0.5, 0.6) is 5.75 Å². The van der Waals surface area contributed by atoms with Gasteiger partial charge in [0.25, 0.3) is 0 Å². The third-order valence-electron chi connectivity index (χ3n) is 3.94. The van der Waals surface area contributed by atoms with Crippen molar-refractivity contribution in [3.05, 3.63) is 29.3 Å². The van der Waals surface area contributed by atoms with Crippen molar-refractivity contribution in [3.63, 3.8) is 0 Å². The number of hydrogen-bond donors (Lipinski definition) is 2. The summed E-state index contributed by atoms with van der Waals surface area (Å²) >= 11 is 0. The molecule has 1 saturated carbocycles. The van der Waals surface area contributed by atoms with Crippen molar-refractivity contribution >= 4 is 5.91 Å². The number of benzene rings is 1. The molecule has 2 rings (SSSR count). The summed E-state index contributed by atoms with van der Waals surface area (Å²) in [4.78, 5) is 12.2. The Kier molecular flexibility index (Phi) is 5.12. The molecule has 1 aliphatic rings. The maximum absolute atomic E-state index is 12.2. The summed E-state index contributed by atoms with van der Waals surface area (Å²) in [6.07, 6.45) is 2.64. The largest absolute Gasteiger partial charge is 0.488 e. The van der Waals surface area contributed by atoms with Gasteiger partial charge < -0.3 is 15.8 Å². The van der Waals surface area contributed by atoms with Crippen molar-refractivity contribution in [2.24, 2.45) is 11.7 Å². The second-order valence-corrected chi connectivity index (χ2v) is 7.31. The van der Waals surface area contributed by atoms with Crippen molar-refractivity contribution in [1.29, 1.82) is 0 Å². The summed E-state index contributed by atoms with van der Waals surface area (Å²) in [6, 6.07) is 6.27. The predicted molar refractivity (Wildman–Crippen MR) is 88.7 cm³/mol. The molecule has 0 heterocycles. The van der Waals surface area contributed by atoms with Gasteiger partial charge >= 0.3 is 0 Å². The van der Waals surface area contributed by atoms with Gasteiger partial charge in [-0.1, -0.05) is 12.1 Å². The Hall–Kier alpha value is -1.55. The van der Waals surface area contributed by atoms with E-state index in [0.717, 1.165) is 36.1 Å². The summed E-state index contributed by atoms with van der Waals surface area (Å²) in [5.74, 6) is 1.01. The molecule has 1 aliphatic carbocycles. The molecule has 0 saturated heterocycles. The molecule has 4 nitrogen and oxygen atoms in total. The zero-order chi connectivity index (χ0) is 16.3. The van der Waals surface area contributed by atoms with Crippen molar-refractivity contribution in [2.75, 3.05) is 0 Å². The third kappa shape index (κ3) is 4.73. The van der Waals surface area contributed by atoms with E-state index in [4.69, 9.17) is 10.5 Å². The van der Waals surface area contributed by atoms with E-state index in [9.17, 15) is 4.79 Å². The van der Waals surface area contributed by atoms with E-state index < -0.39 is 0 Å². The molecular formula is C18H28N2O2. The molecular weight excluding hydrogens is 276 g/mol. The van der Waals surface area contributed by atoms with Gasteiger partial charge in [0.15, 0.2) is 0 Å². The molecule has 0 radical (unpaired) electrons. The molecule has 1 amide bonds. The number of rotatable bonds is 4. The zero-order valence-corrected chi connectivity index (χ0v) is 14.1. The number of ether oxygens (including phenoxy) is 1. The van der Waals surface area contributed by atoms with Gasteiger partial charge in [-0.2, -0.15) is 0 Å². The number of amides is 1. The quantitative estimate of drug-likeness (QED) is 0.899. The first-order chi connectivity index (χ1) is 10.2. The van der Waals surface area contributed by atoms with Gasteiger partial charge in [-0.05, 0) is 58.6 Å². The Labute approximate surface area is 133 Å². The minimum atomic E-state index is -0.259. The normalized spacial score (nSPS) is 21.7. The van der Waals surface area contributed by atoms with Crippen LogP contribution in [0.2, 0.25) is 0 Å². The molecule has 2 unspecified atom stereocenters. The fourth-order valence-electron chi connectivity index (χ4n) is 2.81. The highest BCUT2D eigenvalue weighted by molar-refractivity contribution is 5.79. The molecule has 2 atom stereocenters. The minimum Gasteiger partial charge on any atom is -0.488 e. The topological polar surface area (TPSA) is 64.4 Å². The van der Waals surface area contributed by atoms with Gasteiger partial charge in [-0.3, -0.25) is 4.79 Å². The van der Waals surface area contributed by atoms with E-state index in [1.54, 1.807) is 0 Å². The molecule has 1 fully saturated rings. The van der Waals surface area contributed by atoms with Crippen LogP contribution in [0.25, 0.3) is 0 Å². The van der Waals surface area contributed by atoms with Gasteiger partial charge in [0, 0.05) is 24.1 Å². The first-order valence-electron chi connectivity index (χ1n) is 8.06. The summed E-state index contributed by atoms with van der Waals surface area (Å²) in [5, 5.41) is 3.03. The number of aryl methyl sites for hydroxylation is 1. The van der Waals surface area contributed by atoms with Crippen LogP contribution in [0.3, 0.4) is 0 Å². The molecule has 22 heavy (non-hydrogen) atoms. The van der Waals surface area contributed by atoms with Gasteiger partial charge in [-0.15, -0.1) is 0 Å². The van der Waals surface area contributed by atoms with Crippen LogP contribution in [0.1, 0.15) is 51.2 Å². The summed E-state index contributed by atoms with van der Waals surface area (Å²) < 4.78 is 6.02. The second-order valence-electron chi connectivity index (χ2n) is 7.31. The zero-order valence-electron chi connectivity index (χ0n) is 14.1. The lowest BCUT2D eigenvalue weighted by Crippen LogP contribution is -2.30. The van der Waals surface area contributed by atoms with E-state index in [0.29, 0.717) is 6.54 Å². The molecule has 0 spiro atoms. The lowest BCUT2D eigenvalue weighted by atomic mass is 10.1. The Balaban J connectivity index is 2.01. The van der Waals surface area contributed by atoms with E-state index in [-0.39, 0.29) is 23.5 Å². The van der Waals surface area contributed by atoms with Crippen LogP contribution in [0.15, 0.2) is 18.2 Å². The average Bonchev–Trinajstić information content (AvgIpc) is 2.82. The van der Waals surface area contributed by atoms with Crippen LogP contribution in [0.4, 0.5) is 0 Å². The molecule has 1 aromatic rings. The van der Waals surface area contributed by atoms with E-state index >= 15 is 0 Å². The molecule has 1 aromatic carbocycles. The van der Waals surface area contributed by atoms with Gasteiger partial charge in [0.1, 0.15) is 11.4 Å². The van der Waals surface area contributed by atoms with Crippen molar-refractivity contribution in [1.82, 2.24) is 5.32 Å². The maximum atomic E-state index is 12.2. The van der Waals surface area contributed by atoms with Crippen molar-refractivity contribution in [2.45, 2.75) is 65.1 Å². The van der Waals surface area contributed by atoms with Crippen molar-refractivity contribution < 1.29 is 9.53 Å². The first-order valence-corrected chi connectivity index (χ1v) is 8.06. The minimum absolute atomic E-state index is 0.0624. The van der Waals surface area contributed by atoms with E-state index in [1.165, 1.54) is 0 Å². The molecule has 4 heteroatoms. The van der Waals surface area contributed by atoms with Crippen LogP contribution < -0.4 is 15.8 Å². The first kappa shape index (κ1) is 16.8. The number of hydrogen-bond acceptors (Lipinski definition) is 3. The fraction of sp³-hybridized carbons (Fsp3) is 0.611. The molecule has 122 valence electrons. The van der Waals surface area contributed by atoms with Crippen LogP contribution in [-0.4, -0.2) is 17.6 Å². The Morgan fingerprint density at radius 2 is 2.09 bits per heavy atom. The Morgan fingerprint density at radius 1 is 1.36 bits per heavy atom. The molecule has 3 N–H and O–H groups in total. The summed E-state index contributed by atoms with van der Waals surface area (Å²) in [5.41, 5.74) is 7.78. The Bertz CT molecular complexity index is 534. The average molecular weight is 304 g/mol. The van der Waals surface area contributed by atoms with Crippen LogP contribution in [0, 0.1) is 12.8 Å². The highest BCUT2D eigenvalue weighted by atomic mass is 16.5. The summed E-state index contributed by atoms with van der Waals surface area (Å²) in [7, 11) is 0. The smallest absolute Gasteiger partial charge is 0.223 e.